The Balaban J connectivity index is 1.66. The van der Waals surface area contributed by atoms with Crippen molar-refractivity contribution in [1.29, 1.82) is 0 Å². The van der Waals surface area contributed by atoms with E-state index >= 15 is 0 Å². The van der Waals surface area contributed by atoms with E-state index in [1.807, 2.05) is 30.3 Å². The number of halogens is 1. The Morgan fingerprint density at radius 3 is 2.41 bits per heavy atom. The molecule has 0 saturated carbocycles. The van der Waals surface area contributed by atoms with Gasteiger partial charge >= 0.3 is 6.09 Å². The van der Waals surface area contributed by atoms with Crippen molar-refractivity contribution in [2.24, 2.45) is 11.5 Å². The molecule has 3 amide bonds. The Labute approximate surface area is 222 Å². The summed E-state index contributed by atoms with van der Waals surface area (Å²) in [7, 11) is 0. The van der Waals surface area contributed by atoms with Crippen LogP contribution in [0.4, 0.5) is 10.5 Å². The number of nitrogens with zero attached hydrogens (tertiary/aromatic N) is 1. The number of piperidine rings is 1. The molecule has 9 nitrogen and oxygen atoms in total. The lowest BCUT2D eigenvalue weighted by molar-refractivity contribution is -0.135. The molecule has 0 aliphatic carbocycles. The summed E-state index contributed by atoms with van der Waals surface area (Å²) < 4.78 is 5.57. The number of anilines is 1. The fourth-order valence-corrected chi connectivity index (χ4v) is 4.54. The molecule has 1 fully saturated rings. The van der Waals surface area contributed by atoms with Gasteiger partial charge in [-0.3, -0.25) is 14.9 Å². The molecule has 1 unspecified atom stereocenters. The van der Waals surface area contributed by atoms with Crippen LogP contribution in [0.15, 0.2) is 48.5 Å². The standard InChI is InChI=1S/C27H36ClN5O4/c1-2-19-7-9-21(10-8-19)31-26(36)37-18-27(32-24(34)17-20-5-3-4-6-22(20)28)12-15-33(16-13-27)25(35)23(30)11-14-29/h3-10,23H,2,11-18,29-30H2,1H3,(H,31,36)(H,32,34). The molecule has 0 spiro atoms. The molecule has 10 heteroatoms. The lowest BCUT2D eigenvalue weighted by Gasteiger charge is -2.42. The van der Waals surface area contributed by atoms with Gasteiger partial charge in [0, 0.05) is 23.8 Å². The molecule has 37 heavy (non-hydrogen) atoms. The molecule has 6 N–H and O–H groups in total. The van der Waals surface area contributed by atoms with Gasteiger partial charge < -0.3 is 26.4 Å². The van der Waals surface area contributed by atoms with E-state index in [0.717, 1.165) is 12.0 Å². The average Bonchev–Trinajstić information content (AvgIpc) is 2.89. The second-order valence-electron chi connectivity index (χ2n) is 9.36. The van der Waals surface area contributed by atoms with E-state index in [2.05, 4.69) is 17.6 Å². The molecule has 1 saturated heterocycles. The number of ether oxygens (including phenoxy) is 1. The first-order chi connectivity index (χ1) is 17.7. The molecule has 1 aliphatic heterocycles. The molecule has 1 heterocycles. The minimum Gasteiger partial charge on any atom is -0.447 e. The monoisotopic (exact) mass is 529 g/mol. The number of carbonyl (C=O) groups is 3. The van der Waals surface area contributed by atoms with Gasteiger partial charge in [0.15, 0.2) is 0 Å². The highest BCUT2D eigenvalue weighted by atomic mass is 35.5. The van der Waals surface area contributed by atoms with Gasteiger partial charge in [-0.1, -0.05) is 48.9 Å². The first-order valence-electron chi connectivity index (χ1n) is 12.6. The highest BCUT2D eigenvalue weighted by molar-refractivity contribution is 6.31. The Kier molecular flexibility index (Phi) is 10.3. The van der Waals surface area contributed by atoms with Crippen molar-refractivity contribution in [3.05, 3.63) is 64.7 Å². The van der Waals surface area contributed by atoms with Crippen LogP contribution in [0.2, 0.25) is 5.02 Å². The number of amides is 3. The molecular formula is C27H36ClN5O4. The van der Waals surface area contributed by atoms with E-state index in [9.17, 15) is 14.4 Å². The summed E-state index contributed by atoms with van der Waals surface area (Å²) in [4.78, 5) is 39.9. The lowest BCUT2D eigenvalue weighted by Crippen LogP contribution is -2.60. The van der Waals surface area contributed by atoms with Crippen molar-refractivity contribution in [3.8, 4) is 0 Å². The first-order valence-corrected chi connectivity index (χ1v) is 12.9. The van der Waals surface area contributed by atoms with Crippen molar-refractivity contribution in [3.63, 3.8) is 0 Å². The van der Waals surface area contributed by atoms with E-state index in [1.165, 1.54) is 0 Å². The van der Waals surface area contributed by atoms with Gasteiger partial charge in [-0.25, -0.2) is 4.79 Å². The van der Waals surface area contributed by atoms with Gasteiger partial charge in [0.2, 0.25) is 11.8 Å². The highest BCUT2D eigenvalue weighted by Crippen LogP contribution is 2.25. The number of benzene rings is 2. The minimum absolute atomic E-state index is 0.0446. The van der Waals surface area contributed by atoms with Crippen LogP contribution in [0.3, 0.4) is 0 Å². The lowest BCUT2D eigenvalue weighted by atomic mass is 9.87. The maximum absolute atomic E-state index is 13.0. The molecule has 200 valence electrons. The van der Waals surface area contributed by atoms with Crippen molar-refractivity contribution in [2.45, 2.75) is 50.6 Å². The molecule has 0 aromatic heterocycles. The summed E-state index contributed by atoms with van der Waals surface area (Å²) in [6.07, 6.45) is 1.57. The predicted octanol–water partition coefficient (Wildman–Crippen LogP) is 2.85. The van der Waals surface area contributed by atoms with Gasteiger partial charge in [0.1, 0.15) is 6.61 Å². The summed E-state index contributed by atoms with van der Waals surface area (Å²) in [5.74, 6) is -0.414. The van der Waals surface area contributed by atoms with Crippen LogP contribution >= 0.6 is 11.6 Å². The van der Waals surface area contributed by atoms with Crippen LogP contribution < -0.4 is 22.1 Å². The average molecular weight is 530 g/mol. The second-order valence-corrected chi connectivity index (χ2v) is 9.76. The topological polar surface area (TPSA) is 140 Å². The summed E-state index contributed by atoms with van der Waals surface area (Å²) in [5.41, 5.74) is 13.2. The summed E-state index contributed by atoms with van der Waals surface area (Å²) >= 11 is 6.23. The zero-order valence-corrected chi connectivity index (χ0v) is 21.9. The molecule has 1 aliphatic rings. The Hall–Kier alpha value is -3.14. The van der Waals surface area contributed by atoms with E-state index in [0.29, 0.717) is 55.2 Å². The molecule has 0 bridgehead atoms. The summed E-state index contributed by atoms with van der Waals surface area (Å²) in [6.45, 7) is 3.07. The molecular weight excluding hydrogens is 494 g/mol. The van der Waals surface area contributed by atoms with Gasteiger partial charge in [-0.05, 0) is 61.6 Å². The van der Waals surface area contributed by atoms with Crippen molar-refractivity contribution >= 4 is 35.2 Å². The van der Waals surface area contributed by atoms with Gasteiger partial charge in [0.05, 0.1) is 18.0 Å². The van der Waals surface area contributed by atoms with E-state index in [-0.39, 0.29) is 24.8 Å². The second kappa shape index (κ2) is 13.4. The number of rotatable bonds is 10. The number of nitrogens with one attached hydrogen (secondary N) is 2. The van der Waals surface area contributed by atoms with Gasteiger partial charge in [0.25, 0.3) is 0 Å². The number of hydrogen-bond donors (Lipinski definition) is 4. The number of carbonyl (C=O) groups excluding carboxylic acids is 3. The normalized spacial score (nSPS) is 15.5. The summed E-state index contributed by atoms with van der Waals surface area (Å²) in [6, 6.07) is 14.0. The van der Waals surface area contributed by atoms with Crippen LogP contribution in [-0.4, -0.2) is 60.6 Å². The van der Waals surface area contributed by atoms with E-state index in [1.54, 1.807) is 23.1 Å². The van der Waals surface area contributed by atoms with Crippen LogP contribution in [-0.2, 0) is 27.2 Å². The van der Waals surface area contributed by atoms with Crippen LogP contribution in [0.25, 0.3) is 0 Å². The molecule has 2 aromatic carbocycles. The van der Waals surface area contributed by atoms with Crippen LogP contribution in [0.5, 0.6) is 0 Å². The quantitative estimate of drug-likeness (QED) is 0.373. The fourth-order valence-electron chi connectivity index (χ4n) is 4.33. The number of aryl methyl sites for hydroxylation is 1. The third-order valence-electron chi connectivity index (χ3n) is 6.63. The SMILES string of the molecule is CCc1ccc(NC(=O)OCC2(NC(=O)Cc3ccccc3Cl)CCN(C(=O)C(N)CCN)CC2)cc1. The predicted molar refractivity (Wildman–Crippen MR) is 144 cm³/mol. The van der Waals surface area contributed by atoms with Crippen molar-refractivity contribution in [2.75, 3.05) is 31.6 Å². The zero-order chi connectivity index (χ0) is 26.8. The Bertz CT molecular complexity index is 1070. The third kappa shape index (κ3) is 8.18. The van der Waals surface area contributed by atoms with Crippen molar-refractivity contribution in [1.82, 2.24) is 10.2 Å². The fraction of sp³-hybridized carbons (Fsp3) is 0.444. The van der Waals surface area contributed by atoms with Crippen LogP contribution in [0.1, 0.15) is 37.3 Å². The van der Waals surface area contributed by atoms with E-state index in [4.69, 9.17) is 27.8 Å². The minimum atomic E-state index is -0.837. The number of nitrogens with two attached hydrogens (primary N) is 2. The maximum atomic E-state index is 13.0. The smallest absolute Gasteiger partial charge is 0.411 e. The van der Waals surface area contributed by atoms with Gasteiger partial charge in [-0.15, -0.1) is 0 Å². The van der Waals surface area contributed by atoms with Gasteiger partial charge in [-0.2, -0.15) is 0 Å². The summed E-state index contributed by atoms with van der Waals surface area (Å²) in [5, 5.41) is 6.29. The molecule has 2 aromatic rings. The first kappa shape index (κ1) is 28.4. The third-order valence-corrected chi connectivity index (χ3v) is 7.00. The maximum Gasteiger partial charge on any atom is 0.411 e. The highest BCUT2D eigenvalue weighted by Gasteiger charge is 2.39. The molecule has 3 rings (SSSR count). The Morgan fingerprint density at radius 1 is 1.11 bits per heavy atom. The Morgan fingerprint density at radius 2 is 1.78 bits per heavy atom. The van der Waals surface area contributed by atoms with E-state index < -0.39 is 17.7 Å². The zero-order valence-electron chi connectivity index (χ0n) is 21.2. The largest absolute Gasteiger partial charge is 0.447 e. The molecule has 1 atom stereocenters. The number of hydrogen-bond acceptors (Lipinski definition) is 6. The van der Waals surface area contributed by atoms with Crippen LogP contribution in [0, 0.1) is 0 Å². The van der Waals surface area contributed by atoms with Crippen molar-refractivity contribution < 1.29 is 19.1 Å². The number of likely N-dealkylation sites (tertiary alicyclic amines) is 1. The molecule has 0 radical (unpaired) electrons.